The molecular formula is C20H32O5. The lowest BCUT2D eigenvalue weighted by atomic mass is 10.1. The lowest BCUT2D eigenvalue weighted by molar-refractivity contribution is -0.137. The van der Waals surface area contributed by atoms with E-state index >= 15 is 0 Å². The summed E-state index contributed by atoms with van der Waals surface area (Å²) in [5, 5.41) is 37.6. The molecule has 0 bridgehead atoms. The van der Waals surface area contributed by atoms with E-state index in [1.165, 1.54) is 6.08 Å². The second-order valence-corrected chi connectivity index (χ2v) is 5.95. The number of allylic oxidation sites excluding steroid dienone is 6. The van der Waals surface area contributed by atoms with Crippen molar-refractivity contribution in [3.8, 4) is 0 Å². The van der Waals surface area contributed by atoms with Gasteiger partial charge in [-0.2, -0.15) is 0 Å². The van der Waals surface area contributed by atoms with Crippen molar-refractivity contribution in [2.24, 2.45) is 0 Å². The third kappa shape index (κ3) is 15.6. The minimum Gasteiger partial charge on any atom is -0.481 e. The number of unbranched alkanes of at least 4 members (excludes halogenated alkanes) is 2. The molecule has 0 aromatic heterocycles. The molecule has 0 fully saturated rings. The molecular weight excluding hydrogens is 320 g/mol. The molecule has 142 valence electrons. The molecule has 3 atom stereocenters. The van der Waals surface area contributed by atoms with Crippen LogP contribution in [0.5, 0.6) is 0 Å². The Kier molecular flexibility index (Phi) is 14.7. The maximum absolute atomic E-state index is 10.4. The van der Waals surface area contributed by atoms with Gasteiger partial charge in [0.25, 0.3) is 0 Å². The summed E-state index contributed by atoms with van der Waals surface area (Å²) in [5.74, 6) is -0.908. The molecule has 0 rings (SSSR count). The third-order valence-corrected chi connectivity index (χ3v) is 3.59. The van der Waals surface area contributed by atoms with Gasteiger partial charge >= 0.3 is 5.97 Å². The predicted octanol–water partition coefficient (Wildman–Crippen LogP) is 3.13. The van der Waals surface area contributed by atoms with E-state index in [4.69, 9.17) is 5.11 Å². The summed E-state index contributed by atoms with van der Waals surface area (Å²) in [6.07, 6.45) is 16.0. The number of aliphatic hydroxyl groups excluding tert-OH is 3. The van der Waals surface area contributed by atoms with E-state index in [9.17, 15) is 20.1 Å². The summed E-state index contributed by atoms with van der Waals surface area (Å²) < 4.78 is 0. The smallest absolute Gasteiger partial charge is 0.303 e. The maximum atomic E-state index is 10.4. The lowest BCUT2D eigenvalue weighted by Crippen LogP contribution is -2.23. The van der Waals surface area contributed by atoms with Crippen LogP contribution in [0.15, 0.2) is 48.6 Å². The molecule has 5 heteroatoms. The van der Waals surface area contributed by atoms with Gasteiger partial charge in [-0.25, -0.2) is 0 Å². The molecule has 0 aromatic carbocycles. The Hall–Kier alpha value is -1.69. The zero-order valence-electron chi connectivity index (χ0n) is 15.0. The van der Waals surface area contributed by atoms with Crippen LogP contribution in [-0.4, -0.2) is 44.7 Å². The van der Waals surface area contributed by atoms with E-state index in [0.29, 0.717) is 6.42 Å². The number of hydrogen-bond acceptors (Lipinski definition) is 4. The second-order valence-electron chi connectivity index (χ2n) is 5.95. The normalized spacial score (nSPS) is 16.3. The number of rotatable bonds is 14. The Morgan fingerprint density at radius 2 is 1.44 bits per heavy atom. The molecule has 0 saturated carbocycles. The van der Waals surface area contributed by atoms with E-state index in [-0.39, 0.29) is 12.8 Å². The predicted molar refractivity (Wildman–Crippen MR) is 100 cm³/mol. The van der Waals surface area contributed by atoms with Crippen molar-refractivity contribution in [1.82, 2.24) is 0 Å². The number of aliphatic hydroxyl groups is 3. The van der Waals surface area contributed by atoms with Gasteiger partial charge in [-0.15, -0.1) is 0 Å². The Morgan fingerprint density at radius 1 is 0.840 bits per heavy atom. The van der Waals surface area contributed by atoms with Gasteiger partial charge in [0.2, 0.25) is 0 Å². The quantitative estimate of drug-likeness (QED) is 0.284. The maximum Gasteiger partial charge on any atom is 0.303 e. The standard InChI is InChI=1S/C20H32O5/c1-2-3-8-12-17(21)13-9-6-4-5-7-10-14-18(22)19(23)15-11-16-20(24)25/h4-7,9-10,13-14,17-19,21-23H,2-3,8,11-12,15-16H2,1H3,(H,24,25)/b6-4+,7-5+,13-9+,14-10?/t17-,18+,19-/m0/s1. The summed E-state index contributed by atoms with van der Waals surface area (Å²) in [4.78, 5) is 10.4. The van der Waals surface area contributed by atoms with Gasteiger partial charge in [-0.05, 0) is 19.3 Å². The average Bonchev–Trinajstić information content (AvgIpc) is 2.56. The van der Waals surface area contributed by atoms with Crippen LogP contribution in [0.4, 0.5) is 0 Å². The van der Waals surface area contributed by atoms with Crippen molar-refractivity contribution in [2.45, 2.75) is 70.2 Å². The van der Waals surface area contributed by atoms with Crippen LogP contribution in [0.1, 0.15) is 51.9 Å². The lowest BCUT2D eigenvalue weighted by Gasteiger charge is -2.13. The largest absolute Gasteiger partial charge is 0.481 e. The topological polar surface area (TPSA) is 98.0 Å². The number of carboxylic acid groups (broad SMARTS) is 1. The highest BCUT2D eigenvalue weighted by molar-refractivity contribution is 5.66. The Balaban J connectivity index is 3.97. The highest BCUT2D eigenvalue weighted by Crippen LogP contribution is 2.06. The van der Waals surface area contributed by atoms with Crippen molar-refractivity contribution in [1.29, 1.82) is 0 Å². The second kappa shape index (κ2) is 15.8. The summed E-state index contributed by atoms with van der Waals surface area (Å²) in [5.41, 5.74) is 0. The van der Waals surface area contributed by atoms with Crippen molar-refractivity contribution in [2.75, 3.05) is 0 Å². The summed E-state index contributed by atoms with van der Waals surface area (Å²) in [7, 11) is 0. The number of carboxylic acids is 1. The number of hydrogen-bond donors (Lipinski definition) is 4. The highest BCUT2D eigenvalue weighted by Gasteiger charge is 2.12. The SMILES string of the molecule is CCCCC[C@H](O)/C=C/C=C/C=C/C=C[C@@H](O)[C@@H](O)CCCC(=O)O. The van der Waals surface area contributed by atoms with Gasteiger partial charge in [-0.1, -0.05) is 74.8 Å². The van der Waals surface area contributed by atoms with Crippen LogP contribution in [0.3, 0.4) is 0 Å². The number of aliphatic carboxylic acids is 1. The van der Waals surface area contributed by atoms with Crippen LogP contribution in [0.2, 0.25) is 0 Å². The average molecular weight is 352 g/mol. The first-order valence-corrected chi connectivity index (χ1v) is 8.91. The molecule has 0 radical (unpaired) electrons. The van der Waals surface area contributed by atoms with E-state index < -0.39 is 24.3 Å². The van der Waals surface area contributed by atoms with Gasteiger partial charge in [0.15, 0.2) is 0 Å². The minimum absolute atomic E-state index is 0.0149. The van der Waals surface area contributed by atoms with Crippen LogP contribution >= 0.6 is 0 Å². The molecule has 0 aromatic rings. The van der Waals surface area contributed by atoms with Gasteiger partial charge in [-0.3, -0.25) is 4.79 Å². The van der Waals surface area contributed by atoms with Crippen molar-refractivity contribution < 1.29 is 25.2 Å². The van der Waals surface area contributed by atoms with Crippen LogP contribution in [0.25, 0.3) is 0 Å². The highest BCUT2D eigenvalue weighted by atomic mass is 16.4. The van der Waals surface area contributed by atoms with Crippen molar-refractivity contribution in [3.05, 3.63) is 48.6 Å². The van der Waals surface area contributed by atoms with Gasteiger partial charge in [0.1, 0.15) is 0 Å². The Morgan fingerprint density at radius 3 is 2.04 bits per heavy atom. The fourth-order valence-corrected chi connectivity index (χ4v) is 2.09. The van der Waals surface area contributed by atoms with Crippen molar-refractivity contribution >= 4 is 5.97 Å². The minimum atomic E-state index is -1.01. The molecule has 0 saturated heterocycles. The molecule has 0 amide bonds. The first-order chi connectivity index (χ1) is 12.0. The first kappa shape index (κ1) is 23.3. The van der Waals surface area contributed by atoms with Gasteiger partial charge in [0, 0.05) is 6.42 Å². The summed E-state index contributed by atoms with van der Waals surface area (Å²) in [6, 6.07) is 0. The molecule has 0 spiro atoms. The van der Waals surface area contributed by atoms with E-state index in [1.54, 1.807) is 36.5 Å². The third-order valence-electron chi connectivity index (χ3n) is 3.59. The number of carbonyl (C=O) groups is 1. The molecule has 4 N–H and O–H groups in total. The molecule has 25 heavy (non-hydrogen) atoms. The fraction of sp³-hybridized carbons (Fsp3) is 0.550. The fourth-order valence-electron chi connectivity index (χ4n) is 2.09. The van der Waals surface area contributed by atoms with Crippen LogP contribution in [-0.2, 0) is 4.79 Å². The van der Waals surface area contributed by atoms with Crippen LogP contribution in [0, 0.1) is 0 Å². The van der Waals surface area contributed by atoms with E-state index in [2.05, 4.69) is 6.92 Å². The van der Waals surface area contributed by atoms with E-state index in [0.717, 1.165) is 25.7 Å². The summed E-state index contributed by atoms with van der Waals surface area (Å²) >= 11 is 0. The zero-order valence-corrected chi connectivity index (χ0v) is 15.0. The Labute approximate surface area is 150 Å². The first-order valence-electron chi connectivity index (χ1n) is 8.91. The Bertz CT molecular complexity index is 451. The molecule has 0 aliphatic carbocycles. The van der Waals surface area contributed by atoms with Crippen molar-refractivity contribution in [3.63, 3.8) is 0 Å². The molecule has 0 unspecified atom stereocenters. The van der Waals surface area contributed by atoms with Crippen LogP contribution < -0.4 is 0 Å². The zero-order chi connectivity index (χ0) is 18.9. The van der Waals surface area contributed by atoms with Gasteiger partial charge in [0.05, 0.1) is 18.3 Å². The molecule has 0 heterocycles. The van der Waals surface area contributed by atoms with E-state index in [1.807, 2.05) is 6.08 Å². The summed E-state index contributed by atoms with van der Waals surface area (Å²) in [6.45, 7) is 2.13. The molecule has 5 nitrogen and oxygen atoms in total. The van der Waals surface area contributed by atoms with Gasteiger partial charge < -0.3 is 20.4 Å². The molecule has 0 aliphatic heterocycles. The monoisotopic (exact) mass is 352 g/mol. The molecule has 0 aliphatic rings.